The molecule has 0 spiro atoms. The van der Waals surface area contributed by atoms with Crippen LogP contribution in [-0.4, -0.2) is 89.4 Å². The number of rotatable bonds is 10. The Morgan fingerprint density at radius 2 is 1.27 bits per heavy atom. The molecule has 4 atom stereocenters. The fraction of sp³-hybridized carbons (Fsp3) is 0.306. The quantitative estimate of drug-likeness (QED) is 0.125. The van der Waals surface area contributed by atoms with Crippen molar-refractivity contribution in [3.63, 3.8) is 0 Å². The predicted octanol–water partition coefficient (Wildman–Crippen LogP) is 4.73. The molecule has 4 aromatic carbocycles. The van der Waals surface area contributed by atoms with Gasteiger partial charge in [0.1, 0.15) is 29.9 Å². The summed E-state index contributed by atoms with van der Waals surface area (Å²) >= 11 is 1.43. The lowest BCUT2D eigenvalue weighted by Crippen LogP contribution is -2.59. The van der Waals surface area contributed by atoms with Gasteiger partial charge in [0.25, 0.3) is 5.91 Å². The standard InChI is InChI=1S/C49H51N5O8S/c55-44-31-62-38-20-15-34(16-21-38)29-43(48(59)54-25-23-37(24-26-54)49(60)61)53-45(56)40(22-17-32-8-3-1-4-9-32)51-46(57)41(52-47(58)42(50-44)30-39-12-7-27-63-39)28-33-13-18-36(19-14-33)35-10-5-2-6-11-35/h1-16,18-21,27,37,40-43H,17,22-26,28-31H2,(H,50,55)(H,51,57)(H,52,58)(H,53,56)(H,60,61)/t40-,41+,42-,43+/m1/s1. The predicted molar refractivity (Wildman–Crippen MR) is 239 cm³/mol. The fourth-order valence-corrected chi connectivity index (χ4v) is 8.65. The van der Waals surface area contributed by atoms with Gasteiger partial charge < -0.3 is 36.0 Å². The number of piperidine rings is 1. The Balaban J connectivity index is 1.21. The third-order valence-electron chi connectivity index (χ3n) is 11.5. The van der Waals surface area contributed by atoms with E-state index in [2.05, 4.69) is 21.3 Å². The van der Waals surface area contributed by atoms with Crippen LogP contribution in [0.5, 0.6) is 5.75 Å². The van der Waals surface area contributed by atoms with Gasteiger partial charge in [-0.2, -0.15) is 0 Å². The molecular formula is C49H51N5O8S. The minimum atomic E-state index is -1.18. The Morgan fingerprint density at radius 3 is 1.92 bits per heavy atom. The van der Waals surface area contributed by atoms with Crippen LogP contribution in [0.2, 0.25) is 0 Å². The minimum Gasteiger partial charge on any atom is -0.484 e. The summed E-state index contributed by atoms with van der Waals surface area (Å²) in [6.07, 6.45) is 1.46. The van der Waals surface area contributed by atoms with Crippen LogP contribution in [0.15, 0.2) is 127 Å². The summed E-state index contributed by atoms with van der Waals surface area (Å²) in [7, 11) is 0. The number of carboxylic acid groups (broad SMARTS) is 1. The van der Waals surface area contributed by atoms with E-state index in [-0.39, 0.29) is 57.5 Å². The zero-order valence-electron chi connectivity index (χ0n) is 34.7. The molecule has 3 aliphatic heterocycles. The number of nitrogens with zero attached hydrogens (tertiary/aromatic N) is 1. The number of aryl methyl sites for hydroxylation is 1. The minimum absolute atomic E-state index is 0.0594. The summed E-state index contributed by atoms with van der Waals surface area (Å²) < 4.78 is 5.81. The van der Waals surface area contributed by atoms with Crippen molar-refractivity contribution < 1.29 is 38.6 Å². The van der Waals surface area contributed by atoms with E-state index in [1.165, 1.54) is 11.3 Å². The van der Waals surface area contributed by atoms with E-state index >= 15 is 0 Å². The number of likely N-dealkylation sites (tertiary alicyclic amines) is 1. The van der Waals surface area contributed by atoms with Crippen LogP contribution in [0.3, 0.4) is 0 Å². The number of amides is 5. The summed E-state index contributed by atoms with van der Waals surface area (Å²) in [5.41, 5.74) is 4.35. The van der Waals surface area contributed by atoms with Crippen molar-refractivity contribution in [1.29, 1.82) is 0 Å². The van der Waals surface area contributed by atoms with Crippen molar-refractivity contribution in [2.75, 3.05) is 19.7 Å². The topological polar surface area (TPSA) is 183 Å². The molecule has 4 heterocycles. The molecule has 5 aromatic rings. The molecule has 0 saturated carbocycles. The van der Waals surface area contributed by atoms with Gasteiger partial charge in [0.15, 0.2) is 6.61 Å². The third-order valence-corrected chi connectivity index (χ3v) is 12.4. The summed E-state index contributed by atoms with van der Waals surface area (Å²) in [6, 6.07) is 33.1. The molecule has 5 N–H and O–H groups in total. The molecule has 63 heavy (non-hydrogen) atoms. The van der Waals surface area contributed by atoms with E-state index in [1.807, 2.05) is 102 Å². The Hall–Kier alpha value is -6.80. The molecule has 0 radical (unpaired) electrons. The number of carbonyl (C=O) groups excluding carboxylic acids is 5. The van der Waals surface area contributed by atoms with Gasteiger partial charge in [-0.1, -0.05) is 103 Å². The van der Waals surface area contributed by atoms with Gasteiger partial charge in [-0.05, 0) is 77.1 Å². The first-order valence-electron chi connectivity index (χ1n) is 21.2. The van der Waals surface area contributed by atoms with Crippen LogP contribution in [0.4, 0.5) is 0 Å². The molecule has 1 aromatic heterocycles. The van der Waals surface area contributed by atoms with Crippen LogP contribution in [0, 0.1) is 5.92 Å². The number of nitrogens with one attached hydrogen (secondary N) is 4. The number of hydrogen-bond donors (Lipinski definition) is 5. The highest BCUT2D eigenvalue weighted by Gasteiger charge is 2.35. The van der Waals surface area contributed by atoms with Crippen molar-refractivity contribution in [2.45, 2.75) is 69.1 Å². The van der Waals surface area contributed by atoms with Crippen LogP contribution in [0.1, 0.15) is 40.8 Å². The van der Waals surface area contributed by atoms with E-state index in [4.69, 9.17) is 4.74 Å². The smallest absolute Gasteiger partial charge is 0.306 e. The van der Waals surface area contributed by atoms with Gasteiger partial charge in [-0.25, -0.2) is 0 Å². The summed E-state index contributed by atoms with van der Waals surface area (Å²) in [4.78, 5) is 85.2. The van der Waals surface area contributed by atoms with Gasteiger partial charge in [-0.3, -0.25) is 28.8 Å². The first kappa shape index (κ1) is 44.3. The molecule has 0 aliphatic carbocycles. The number of carboxylic acids is 1. The van der Waals surface area contributed by atoms with Crippen LogP contribution >= 0.6 is 11.3 Å². The normalized spacial score (nSPS) is 20.5. The average Bonchev–Trinajstić information content (AvgIpc) is 3.83. The Kier molecular flexibility index (Phi) is 15.0. The van der Waals surface area contributed by atoms with Gasteiger partial charge in [0, 0.05) is 37.2 Å². The van der Waals surface area contributed by atoms with E-state index in [0.717, 1.165) is 27.1 Å². The zero-order valence-corrected chi connectivity index (χ0v) is 35.6. The molecule has 1 saturated heterocycles. The Bertz CT molecular complexity index is 2330. The number of carbonyl (C=O) groups is 6. The number of ether oxygens (including phenoxy) is 1. The van der Waals surface area contributed by atoms with E-state index in [9.17, 15) is 33.9 Å². The van der Waals surface area contributed by atoms with Crippen LogP contribution in [0.25, 0.3) is 11.1 Å². The summed E-state index contributed by atoms with van der Waals surface area (Å²) in [5, 5.41) is 23.1. The van der Waals surface area contributed by atoms with Gasteiger partial charge >= 0.3 is 5.97 Å². The molecule has 14 heteroatoms. The first-order chi connectivity index (χ1) is 30.6. The lowest BCUT2D eigenvalue weighted by atomic mass is 9.95. The molecule has 1 fully saturated rings. The van der Waals surface area contributed by atoms with Crippen molar-refractivity contribution in [3.8, 4) is 16.9 Å². The van der Waals surface area contributed by atoms with E-state index in [1.54, 1.807) is 29.2 Å². The van der Waals surface area contributed by atoms with Gasteiger partial charge in [0.05, 0.1) is 5.92 Å². The monoisotopic (exact) mass is 869 g/mol. The van der Waals surface area contributed by atoms with Crippen molar-refractivity contribution in [1.82, 2.24) is 26.2 Å². The SMILES string of the molecule is O=C1COc2ccc(cc2)C[C@@H](C(=O)N2CCC(C(=O)O)CC2)NC(=O)[C@@H](CCc2ccccc2)NC(=O)[C@H](Cc2ccc(-c3ccccc3)cc2)NC(=O)[C@@H](Cc2cccs2)N1. The fourth-order valence-electron chi connectivity index (χ4n) is 7.90. The lowest BCUT2D eigenvalue weighted by molar-refractivity contribution is -0.146. The second kappa shape index (κ2) is 21.3. The Labute approximate surface area is 370 Å². The largest absolute Gasteiger partial charge is 0.484 e. The van der Waals surface area contributed by atoms with E-state index < -0.39 is 66.3 Å². The second-order valence-electron chi connectivity index (χ2n) is 16.0. The highest BCUT2D eigenvalue weighted by Crippen LogP contribution is 2.22. The maximum atomic E-state index is 14.6. The van der Waals surface area contributed by atoms with E-state index in [0.29, 0.717) is 17.7 Å². The molecule has 326 valence electrons. The third kappa shape index (κ3) is 12.4. The second-order valence-corrected chi connectivity index (χ2v) is 17.0. The molecular weight excluding hydrogens is 819 g/mol. The van der Waals surface area contributed by atoms with Crippen LogP contribution < -0.4 is 26.0 Å². The summed E-state index contributed by atoms with van der Waals surface area (Å²) in [5.74, 6) is -3.81. The molecule has 3 aliphatic rings. The molecule has 5 amide bonds. The number of benzene rings is 4. The summed E-state index contributed by atoms with van der Waals surface area (Å²) in [6.45, 7) is 0.0382. The molecule has 0 unspecified atom stereocenters. The lowest BCUT2D eigenvalue weighted by Gasteiger charge is -2.33. The number of fused-ring (bicyclic) bond motifs is 16. The molecule has 13 nitrogen and oxygen atoms in total. The van der Waals surface area contributed by atoms with Crippen molar-refractivity contribution >= 4 is 46.8 Å². The number of hydrogen-bond acceptors (Lipinski definition) is 8. The number of aliphatic carboxylic acids is 1. The molecule has 2 bridgehead atoms. The molecule has 8 rings (SSSR count). The zero-order chi connectivity index (χ0) is 44.1. The van der Waals surface area contributed by atoms with Crippen LogP contribution in [-0.2, 0) is 54.5 Å². The van der Waals surface area contributed by atoms with Gasteiger partial charge in [-0.15, -0.1) is 11.3 Å². The first-order valence-corrected chi connectivity index (χ1v) is 22.1. The highest BCUT2D eigenvalue weighted by molar-refractivity contribution is 7.09. The average molecular weight is 870 g/mol. The van der Waals surface area contributed by atoms with Crippen molar-refractivity contribution in [2.24, 2.45) is 5.92 Å². The Morgan fingerprint density at radius 1 is 0.651 bits per heavy atom. The number of thiophene rings is 1. The van der Waals surface area contributed by atoms with Crippen molar-refractivity contribution in [3.05, 3.63) is 148 Å². The van der Waals surface area contributed by atoms with Gasteiger partial charge in [0.2, 0.25) is 23.6 Å². The maximum Gasteiger partial charge on any atom is 0.306 e. The highest BCUT2D eigenvalue weighted by atomic mass is 32.1. The maximum absolute atomic E-state index is 14.6.